The fourth-order valence-corrected chi connectivity index (χ4v) is 2.83. The summed E-state index contributed by atoms with van der Waals surface area (Å²) in [5.74, 6) is -0.197. The molecule has 2 amide bonds. The van der Waals surface area contributed by atoms with Gasteiger partial charge in [0, 0.05) is 36.2 Å². The van der Waals surface area contributed by atoms with Gasteiger partial charge in [-0.25, -0.2) is 0 Å². The van der Waals surface area contributed by atoms with E-state index in [4.69, 9.17) is 0 Å². The molecular weight excluding hydrogens is 334 g/mol. The smallest absolute Gasteiger partial charge is 0.254 e. The maximum atomic E-state index is 12.8. The molecule has 114 valence electrons. The molecule has 1 heterocycles. The van der Waals surface area contributed by atoms with E-state index in [1.165, 1.54) is 0 Å². The van der Waals surface area contributed by atoms with E-state index in [9.17, 15) is 9.59 Å². The highest BCUT2D eigenvalue weighted by Gasteiger charge is 2.32. The largest absolute Gasteiger partial charge is 0.355 e. The SMILES string of the molecule is CCNC(=O)C1CNCCN1C(=O)c1cccc(Br)c1C. The van der Waals surface area contributed by atoms with Crippen LogP contribution in [-0.2, 0) is 4.79 Å². The van der Waals surface area contributed by atoms with Crippen molar-refractivity contribution in [2.75, 3.05) is 26.2 Å². The lowest BCUT2D eigenvalue weighted by Gasteiger charge is -2.35. The topological polar surface area (TPSA) is 61.4 Å². The first-order chi connectivity index (χ1) is 10.1. The van der Waals surface area contributed by atoms with Crippen molar-refractivity contribution in [2.45, 2.75) is 19.9 Å². The monoisotopic (exact) mass is 353 g/mol. The van der Waals surface area contributed by atoms with Gasteiger partial charge < -0.3 is 15.5 Å². The molecule has 0 spiro atoms. The lowest BCUT2D eigenvalue weighted by molar-refractivity contribution is -0.126. The predicted octanol–water partition coefficient (Wildman–Crippen LogP) is 1.31. The molecule has 1 aromatic rings. The lowest BCUT2D eigenvalue weighted by atomic mass is 10.1. The number of carbonyl (C=O) groups excluding carboxylic acids is 2. The Labute approximate surface area is 133 Å². The van der Waals surface area contributed by atoms with Crippen LogP contribution in [0.15, 0.2) is 22.7 Å². The number of nitrogens with zero attached hydrogens (tertiary/aromatic N) is 1. The Morgan fingerprint density at radius 2 is 2.24 bits per heavy atom. The Kier molecular flexibility index (Phi) is 5.36. The average molecular weight is 354 g/mol. The van der Waals surface area contributed by atoms with Crippen LogP contribution in [0.3, 0.4) is 0 Å². The van der Waals surface area contributed by atoms with Crippen LogP contribution in [0.5, 0.6) is 0 Å². The number of piperazine rings is 1. The first-order valence-electron chi connectivity index (χ1n) is 7.10. The van der Waals surface area contributed by atoms with Gasteiger partial charge in [-0.2, -0.15) is 0 Å². The van der Waals surface area contributed by atoms with Gasteiger partial charge in [0.25, 0.3) is 5.91 Å². The van der Waals surface area contributed by atoms with E-state index in [1.807, 2.05) is 26.0 Å². The van der Waals surface area contributed by atoms with E-state index in [2.05, 4.69) is 26.6 Å². The summed E-state index contributed by atoms with van der Waals surface area (Å²) in [4.78, 5) is 26.6. The van der Waals surface area contributed by atoms with Crippen LogP contribution in [0.25, 0.3) is 0 Å². The van der Waals surface area contributed by atoms with E-state index in [1.54, 1.807) is 11.0 Å². The third-order valence-electron chi connectivity index (χ3n) is 3.66. The number of benzene rings is 1. The molecule has 1 atom stereocenters. The summed E-state index contributed by atoms with van der Waals surface area (Å²) in [5, 5.41) is 5.97. The molecule has 1 aromatic carbocycles. The van der Waals surface area contributed by atoms with Crippen molar-refractivity contribution in [3.63, 3.8) is 0 Å². The van der Waals surface area contributed by atoms with Gasteiger partial charge in [-0.3, -0.25) is 9.59 Å². The second-order valence-corrected chi connectivity index (χ2v) is 5.88. The molecule has 1 aliphatic heterocycles. The van der Waals surface area contributed by atoms with Crippen LogP contribution in [0, 0.1) is 6.92 Å². The Morgan fingerprint density at radius 3 is 2.95 bits per heavy atom. The number of likely N-dealkylation sites (N-methyl/N-ethyl adjacent to an activating group) is 1. The second kappa shape index (κ2) is 7.04. The molecule has 1 aliphatic rings. The summed E-state index contributed by atoms with van der Waals surface area (Å²) in [6.45, 7) is 6.07. The van der Waals surface area contributed by atoms with Gasteiger partial charge in [-0.1, -0.05) is 22.0 Å². The van der Waals surface area contributed by atoms with Crippen molar-refractivity contribution in [2.24, 2.45) is 0 Å². The molecule has 0 bridgehead atoms. The number of rotatable bonds is 3. The number of carbonyl (C=O) groups is 2. The fraction of sp³-hybridized carbons (Fsp3) is 0.467. The summed E-state index contributed by atoms with van der Waals surface area (Å²) in [6, 6.07) is 5.10. The van der Waals surface area contributed by atoms with E-state index < -0.39 is 6.04 Å². The first kappa shape index (κ1) is 16.0. The van der Waals surface area contributed by atoms with E-state index in [0.717, 1.165) is 10.0 Å². The Hall–Kier alpha value is -1.40. The molecular formula is C15H20BrN3O2. The van der Waals surface area contributed by atoms with Gasteiger partial charge in [0.05, 0.1) is 0 Å². The molecule has 6 heteroatoms. The summed E-state index contributed by atoms with van der Waals surface area (Å²) in [6.07, 6.45) is 0. The second-order valence-electron chi connectivity index (χ2n) is 5.03. The van der Waals surface area contributed by atoms with Crippen molar-refractivity contribution in [1.82, 2.24) is 15.5 Å². The van der Waals surface area contributed by atoms with Gasteiger partial charge in [0.1, 0.15) is 6.04 Å². The minimum Gasteiger partial charge on any atom is -0.355 e. The maximum Gasteiger partial charge on any atom is 0.254 e. The van der Waals surface area contributed by atoms with Crippen molar-refractivity contribution in [3.05, 3.63) is 33.8 Å². The number of halogens is 1. The minimum atomic E-state index is -0.454. The van der Waals surface area contributed by atoms with Gasteiger partial charge in [-0.15, -0.1) is 0 Å². The van der Waals surface area contributed by atoms with Gasteiger partial charge in [0.2, 0.25) is 5.91 Å². The molecule has 0 aliphatic carbocycles. The van der Waals surface area contributed by atoms with Crippen LogP contribution in [-0.4, -0.2) is 48.9 Å². The zero-order chi connectivity index (χ0) is 15.4. The summed E-state index contributed by atoms with van der Waals surface area (Å²) < 4.78 is 0.901. The number of nitrogens with one attached hydrogen (secondary N) is 2. The quantitative estimate of drug-likeness (QED) is 0.861. The molecule has 21 heavy (non-hydrogen) atoms. The standard InChI is InChI=1S/C15H20BrN3O2/c1-3-18-14(20)13-9-17-7-8-19(13)15(21)11-5-4-6-12(16)10(11)2/h4-6,13,17H,3,7-9H2,1-2H3,(H,18,20). The third-order valence-corrected chi connectivity index (χ3v) is 4.52. The Morgan fingerprint density at radius 1 is 1.48 bits per heavy atom. The van der Waals surface area contributed by atoms with Crippen molar-refractivity contribution in [3.8, 4) is 0 Å². The molecule has 2 rings (SSSR count). The number of amides is 2. The molecule has 0 saturated carbocycles. The van der Waals surface area contributed by atoms with Gasteiger partial charge >= 0.3 is 0 Å². The summed E-state index contributed by atoms with van der Waals surface area (Å²) in [7, 11) is 0. The molecule has 1 fully saturated rings. The lowest BCUT2D eigenvalue weighted by Crippen LogP contribution is -2.59. The highest BCUT2D eigenvalue weighted by Crippen LogP contribution is 2.22. The molecule has 1 unspecified atom stereocenters. The summed E-state index contributed by atoms with van der Waals surface area (Å²) >= 11 is 3.44. The maximum absolute atomic E-state index is 12.8. The average Bonchev–Trinajstić information content (AvgIpc) is 2.49. The van der Waals surface area contributed by atoms with E-state index >= 15 is 0 Å². The highest BCUT2D eigenvalue weighted by molar-refractivity contribution is 9.10. The minimum absolute atomic E-state index is 0.0912. The molecule has 5 nitrogen and oxygen atoms in total. The summed E-state index contributed by atoms with van der Waals surface area (Å²) in [5.41, 5.74) is 1.54. The molecule has 1 saturated heterocycles. The normalized spacial score (nSPS) is 18.4. The van der Waals surface area contributed by atoms with Gasteiger partial charge in [-0.05, 0) is 31.5 Å². The van der Waals surface area contributed by atoms with Crippen LogP contribution < -0.4 is 10.6 Å². The zero-order valence-corrected chi connectivity index (χ0v) is 13.9. The Balaban J connectivity index is 2.26. The van der Waals surface area contributed by atoms with Crippen LogP contribution >= 0.6 is 15.9 Å². The van der Waals surface area contributed by atoms with Crippen LogP contribution in [0.4, 0.5) is 0 Å². The van der Waals surface area contributed by atoms with Crippen molar-refractivity contribution < 1.29 is 9.59 Å². The van der Waals surface area contributed by atoms with Crippen molar-refractivity contribution in [1.29, 1.82) is 0 Å². The first-order valence-corrected chi connectivity index (χ1v) is 7.90. The zero-order valence-electron chi connectivity index (χ0n) is 12.3. The molecule has 0 aromatic heterocycles. The van der Waals surface area contributed by atoms with Crippen LogP contribution in [0.1, 0.15) is 22.8 Å². The highest BCUT2D eigenvalue weighted by atomic mass is 79.9. The number of hydrogen-bond acceptors (Lipinski definition) is 3. The predicted molar refractivity (Wildman–Crippen MR) is 85.3 cm³/mol. The van der Waals surface area contributed by atoms with E-state index in [0.29, 0.717) is 31.7 Å². The number of hydrogen-bond donors (Lipinski definition) is 2. The molecule has 0 radical (unpaired) electrons. The van der Waals surface area contributed by atoms with Crippen LogP contribution in [0.2, 0.25) is 0 Å². The van der Waals surface area contributed by atoms with E-state index in [-0.39, 0.29) is 11.8 Å². The van der Waals surface area contributed by atoms with Gasteiger partial charge in [0.15, 0.2) is 0 Å². The fourth-order valence-electron chi connectivity index (χ4n) is 2.47. The third kappa shape index (κ3) is 3.44. The van der Waals surface area contributed by atoms with Crippen molar-refractivity contribution >= 4 is 27.7 Å². The Bertz CT molecular complexity index is 548. The molecule has 2 N–H and O–H groups in total.